The van der Waals surface area contributed by atoms with E-state index in [9.17, 15) is 20.3 Å². The Balaban J connectivity index is 1.22. The van der Waals surface area contributed by atoms with E-state index in [0.717, 1.165) is 64.5 Å². The number of non-ortho nitro benzene ring substituents is 1. The summed E-state index contributed by atoms with van der Waals surface area (Å²) in [6.07, 6.45) is 11.9. The number of unbranched alkanes of at least 4 members (excludes halogenated alkanes) is 2. The Bertz CT molecular complexity index is 2980. The normalized spacial score (nSPS) is 21.2. The first kappa shape index (κ1) is 52.8. The molecule has 0 bridgehead atoms. The summed E-state index contributed by atoms with van der Waals surface area (Å²) in [6.45, 7) is 5.23. The van der Waals surface area contributed by atoms with Gasteiger partial charge in [0.15, 0.2) is 0 Å². The number of amides is 1. The Kier molecular flexibility index (Phi) is 17.9. The highest BCUT2D eigenvalue weighted by molar-refractivity contribution is 7.99. The number of hydrogen-bond acceptors (Lipinski definition) is 11. The number of carbonyl (C=O) groups excluding carboxylic acids is 1. The average Bonchev–Trinajstić information content (AvgIpc) is 3.47. The van der Waals surface area contributed by atoms with Crippen molar-refractivity contribution in [1.82, 2.24) is 4.90 Å². The Morgan fingerprint density at radius 1 is 0.880 bits per heavy atom. The number of thioether (sulfide) groups is 1. The number of carbonyl (C=O) groups is 1. The SMILES string of the molecule is C=CCO[C@@]12Oc3ccc(OCCSc4ccccc4)cc3[C@H]3[C@H](CCCCO)[C@@H](CCCCO)C=C(C(=NOCc4ccccc4)C[C@@H]1N(Cc1cccc4ccccc14)C(=O)C=Cc1ccc([N+](=O)[O-])cc1)[C@H]32. The second kappa shape index (κ2) is 25.5. The van der Waals surface area contributed by atoms with Crippen molar-refractivity contribution in [1.29, 1.82) is 0 Å². The van der Waals surface area contributed by atoms with Gasteiger partial charge in [-0.15, -0.1) is 18.3 Å². The third kappa shape index (κ3) is 12.4. The van der Waals surface area contributed by atoms with Gasteiger partial charge in [0.2, 0.25) is 11.7 Å². The summed E-state index contributed by atoms with van der Waals surface area (Å²) in [4.78, 5) is 36.1. The molecule has 6 atom stereocenters. The minimum Gasteiger partial charge on any atom is -0.493 e. The molecule has 0 radical (unpaired) electrons. The van der Waals surface area contributed by atoms with Gasteiger partial charge in [0.05, 0.1) is 29.8 Å². The van der Waals surface area contributed by atoms with Gasteiger partial charge in [-0.2, -0.15) is 0 Å². The third-order valence-electron chi connectivity index (χ3n) is 14.7. The zero-order valence-corrected chi connectivity index (χ0v) is 43.0. The molecule has 0 saturated heterocycles. The Morgan fingerprint density at radius 2 is 1.61 bits per heavy atom. The molecule has 75 heavy (non-hydrogen) atoms. The zero-order chi connectivity index (χ0) is 52.0. The van der Waals surface area contributed by atoms with Crippen LogP contribution in [0.2, 0.25) is 0 Å². The minimum absolute atomic E-state index is 0.0109. The monoisotopic (exact) mass is 1030 g/mol. The number of hydrogen-bond donors (Lipinski definition) is 2. The summed E-state index contributed by atoms with van der Waals surface area (Å²) < 4.78 is 21.4. The quantitative estimate of drug-likeness (QED) is 0.0141. The van der Waals surface area contributed by atoms with E-state index in [1.165, 1.54) is 23.1 Å². The molecule has 9 rings (SSSR count). The highest BCUT2D eigenvalue weighted by atomic mass is 32.2. The number of aliphatic hydroxyl groups excluding tert-OH is 2. The first-order valence-electron chi connectivity index (χ1n) is 26.0. The number of ether oxygens (including phenoxy) is 3. The number of allylic oxidation sites excluding steroid dienone is 1. The molecular weight excluding hydrogens is 963 g/mol. The number of fused-ring (bicyclic) bond motifs is 3. The maximum atomic E-state index is 15.6. The molecule has 3 aliphatic rings. The Labute approximate surface area is 443 Å². The van der Waals surface area contributed by atoms with Crippen molar-refractivity contribution in [2.45, 2.75) is 80.7 Å². The molecule has 6 aromatic rings. The molecule has 13 heteroatoms. The van der Waals surface area contributed by atoms with Crippen molar-refractivity contribution in [3.63, 3.8) is 0 Å². The molecule has 0 aromatic heterocycles. The summed E-state index contributed by atoms with van der Waals surface area (Å²) in [7, 11) is 0. The molecule has 0 spiro atoms. The predicted molar refractivity (Wildman–Crippen MR) is 295 cm³/mol. The molecule has 2 N–H and O–H groups in total. The molecule has 1 fully saturated rings. The van der Waals surface area contributed by atoms with E-state index in [-0.39, 0.29) is 68.7 Å². The van der Waals surface area contributed by atoms with Crippen LogP contribution in [0.5, 0.6) is 11.5 Å². The largest absolute Gasteiger partial charge is 0.493 e. The Morgan fingerprint density at radius 3 is 2.37 bits per heavy atom. The lowest BCUT2D eigenvalue weighted by molar-refractivity contribution is -0.384. The number of benzene rings is 6. The van der Waals surface area contributed by atoms with E-state index in [1.54, 1.807) is 36.0 Å². The van der Waals surface area contributed by atoms with E-state index in [0.29, 0.717) is 42.2 Å². The van der Waals surface area contributed by atoms with E-state index in [4.69, 9.17) is 24.2 Å². The van der Waals surface area contributed by atoms with Gasteiger partial charge in [0.1, 0.15) is 24.1 Å². The standard InChI is InChI=1S/C62H65N3O9S/c1-2-36-72-62-58(64(42-48-21-15-20-46-18-9-10-24-52(46)48)59(68)33-28-44-26-29-49(30-27-44)65(69)70)41-56(63-73-43-45-16-5-3-6-17-45)54-39-47(19-11-13-34-66)53(25-12-14-35-67)60(61(54)62)55-40-50(31-32-57(55)74-62)71-37-38-75-51-22-7-4-8-23-51/h2-10,15-18,20-24,26-33,39-40,47,53,58,60-61,66-67H,1,11-14,19,25,34-38,41-43H2/t47-,53+,58-,60+,61+,62+/m0/s1. The molecule has 1 amide bonds. The maximum absolute atomic E-state index is 15.6. The smallest absolute Gasteiger partial charge is 0.269 e. The highest BCUT2D eigenvalue weighted by Gasteiger charge is 2.65. The summed E-state index contributed by atoms with van der Waals surface area (Å²) >= 11 is 1.73. The fourth-order valence-corrected chi connectivity index (χ4v) is 12.0. The minimum atomic E-state index is -1.52. The van der Waals surface area contributed by atoms with E-state index < -0.39 is 22.7 Å². The average molecular weight is 1030 g/mol. The number of aliphatic hydroxyl groups is 2. The molecule has 1 aliphatic heterocycles. The second-order valence-corrected chi connectivity index (χ2v) is 20.5. The highest BCUT2D eigenvalue weighted by Crippen LogP contribution is 2.62. The van der Waals surface area contributed by atoms with Crippen LogP contribution in [0.15, 0.2) is 186 Å². The van der Waals surface area contributed by atoms with Gasteiger partial charge in [-0.25, -0.2) is 0 Å². The first-order valence-corrected chi connectivity index (χ1v) is 27.0. The summed E-state index contributed by atoms with van der Waals surface area (Å²) in [5.41, 5.74) is 5.01. The van der Waals surface area contributed by atoms with Crippen molar-refractivity contribution in [2.24, 2.45) is 22.9 Å². The van der Waals surface area contributed by atoms with E-state index in [1.807, 2.05) is 89.8 Å². The van der Waals surface area contributed by atoms with Crippen molar-refractivity contribution >= 4 is 45.9 Å². The molecule has 1 saturated carbocycles. The lowest BCUT2D eigenvalue weighted by atomic mass is 9.55. The van der Waals surface area contributed by atoms with Gasteiger partial charge >= 0.3 is 0 Å². The van der Waals surface area contributed by atoms with Gasteiger partial charge in [-0.05, 0) is 119 Å². The number of nitrogens with zero attached hydrogens (tertiary/aromatic N) is 3. The molecule has 6 aromatic carbocycles. The first-order chi connectivity index (χ1) is 36.8. The molecule has 12 nitrogen and oxygen atoms in total. The summed E-state index contributed by atoms with van der Waals surface area (Å²) in [6, 6.07) is 45.7. The van der Waals surface area contributed by atoms with Crippen LogP contribution >= 0.6 is 11.8 Å². The van der Waals surface area contributed by atoms with E-state index in [2.05, 4.69) is 49.1 Å². The second-order valence-electron chi connectivity index (χ2n) is 19.3. The van der Waals surface area contributed by atoms with Crippen LogP contribution < -0.4 is 9.47 Å². The van der Waals surface area contributed by atoms with Crippen LogP contribution in [-0.2, 0) is 27.5 Å². The number of rotatable bonds is 25. The molecular formula is C62H65N3O9S. The predicted octanol–water partition coefficient (Wildman–Crippen LogP) is 12.5. The van der Waals surface area contributed by atoms with Gasteiger partial charge in [-0.1, -0.05) is 121 Å². The van der Waals surface area contributed by atoms with Crippen molar-refractivity contribution in [3.05, 3.63) is 208 Å². The van der Waals surface area contributed by atoms with Gasteiger partial charge in [0, 0.05) is 66.5 Å². The number of nitro groups is 1. The van der Waals surface area contributed by atoms with Gasteiger partial charge < -0.3 is 34.2 Å². The van der Waals surface area contributed by atoms with Crippen LogP contribution in [-0.4, -0.2) is 75.7 Å². The van der Waals surface area contributed by atoms with Gasteiger partial charge in [0.25, 0.3) is 5.69 Å². The van der Waals surface area contributed by atoms with Crippen LogP contribution in [0.25, 0.3) is 16.8 Å². The fourth-order valence-electron chi connectivity index (χ4n) is 11.3. The molecule has 0 unspecified atom stereocenters. The molecule has 1 heterocycles. The third-order valence-corrected chi connectivity index (χ3v) is 15.6. The molecule has 2 aliphatic carbocycles. The number of nitro benzene ring substituents is 1. The maximum Gasteiger partial charge on any atom is 0.269 e. The fraction of sp³-hybridized carbons (Fsp3) is 0.323. The van der Waals surface area contributed by atoms with Crippen LogP contribution in [0, 0.1) is 27.9 Å². The zero-order valence-electron chi connectivity index (χ0n) is 42.2. The van der Waals surface area contributed by atoms with Crippen LogP contribution in [0.4, 0.5) is 5.69 Å². The lowest BCUT2D eigenvalue weighted by Gasteiger charge is -2.60. The lowest BCUT2D eigenvalue weighted by Crippen LogP contribution is -2.70. The van der Waals surface area contributed by atoms with E-state index >= 15 is 4.79 Å². The topological polar surface area (TPSA) is 153 Å². The summed E-state index contributed by atoms with van der Waals surface area (Å²) in [5.74, 6) is -0.514. The van der Waals surface area contributed by atoms with Gasteiger partial charge in [-0.3, -0.25) is 14.9 Å². The summed E-state index contributed by atoms with van der Waals surface area (Å²) in [5, 5.41) is 38.9. The van der Waals surface area contributed by atoms with Crippen LogP contribution in [0.3, 0.4) is 0 Å². The van der Waals surface area contributed by atoms with Crippen molar-refractivity contribution < 1.29 is 39.0 Å². The number of oxime groups is 1. The van der Waals surface area contributed by atoms with Crippen molar-refractivity contribution in [3.8, 4) is 11.5 Å². The van der Waals surface area contributed by atoms with Crippen LogP contribution in [0.1, 0.15) is 73.1 Å². The Hall–Kier alpha value is -7.03. The van der Waals surface area contributed by atoms with Crippen molar-refractivity contribution in [2.75, 3.05) is 32.2 Å². The molecule has 388 valence electrons.